The molecule has 2 fully saturated rings. The van der Waals surface area contributed by atoms with E-state index >= 15 is 0 Å². The summed E-state index contributed by atoms with van der Waals surface area (Å²) in [5.74, 6) is 0. The summed E-state index contributed by atoms with van der Waals surface area (Å²) >= 11 is 0. The van der Waals surface area contributed by atoms with Crippen molar-refractivity contribution in [1.82, 2.24) is 0 Å². The van der Waals surface area contributed by atoms with Crippen molar-refractivity contribution in [2.75, 3.05) is 0 Å². The van der Waals surface area contributed by atoms with E-state index in [9.17, 15) is 0 Å². The molecule has 0 spiro atoms. The van der Waals surface area contributed by atoms with Gasteiger partial charge in [-0.2, -0.15) is 0 Å². The molecule has 0 bridgehead atoms. The van der Waals surface area contributed by atoms with Gasteiger partial charge >= 0.3 is 0 Å². The molecule has 2 rings (SSSR count). The van der Waals surface area contributed by atoms with Crippen LogP contribution in [0.5, 0.6) is 0 Å². The lowest BCUT2D eigenvalue weighted by Crippen LogP contribution is -1.85. The summed E-state index contributed by atoms with van der Waals surface area (Å²) in [7, 11) is 0. The molecule has 0 heteroatoms. The first-order chi connectivity index (χ1) is 11.2. The second-order valence-corrected chi connectivity index (χ2v) is 6.72. The standard InChI is InChI=1S/C6H12.C5H10.4C3H8.CH4/c1-2-4-6-5-3-1;1-2-4-5-3-1;4*1-3-2;/h1-6H2;1-5H2;4*3H2,1-2H3;1H4. The Kier molecular flexibility index (Phi) is 72.5. The average molecular weight is 347 g/mol. The Bertz CT molecular complexity index is 82.1. The van der Waals surface area contributed by atoms with Crippen molar-refractivity contribution in [3.05, 3.63) is 0 Å². The van der Waals surface area contributed by atoms with Crippen LogP contribution in [0.25, 0.3) is 0 Å². The van der Waals surface area contributed by atoms with Gasteiger partial charge in [0.15, 0.2) is 0 Å². The third-order valence-corrected chi connectivity index (χ3v) is 2.75. The van der Waals surface area contributed by atoms with Crippen molar-refractivity contribution < 1.29 is 0 Å². The molecule has 154 valence electrons. The topological polar surface area (TPSA) is 0 Å². The summed E-state index contributed by atoms with van der Waals surface area (Å²) in [5.41, 5.74) is 0. The summed E-state index contributed by atoms with van der Waals surface area (Å²) in [4.78, 5) is 0. The van der Waals surface area contributed by atoms with E-state index in [2.05, 4.69) is 55.4 Å². The van der Waals surface area contributed by atoms with Gasteiger partial charge in [0.25, 0.3) is 0 Å². The van der Waals surface area contributed by atoms with Crippen LogP contribution in [0.3, 0.4) is 0 Å². The second kappa shape index (κ2) is 49.5. The van der Waals surface area contributed by atoms with E-state index < -0.39 is 0 Å². The van der Waals surface area contributed by atoms with Gasteiger partial charge in [-0.15, -0.1) is 0 Å². The third-order valence-electron chi connectivity index (χ3n) is 2.75. The molecule has 2 saturated carbocycles. The van der Waals surface area contributed by atoms with Crippen molar-refractivity contribution in [3.63, 3.8) is 0 Å². The zero-order valence-electron chi connectivity index (χ0n) is 18.6. The number of hydrogen-bond acceptors (Lipinski definition) is 0. The van der Waals surface area contributed by atoms with Crippen molar-refractivity contribution in [3.8, 4) is 0 Å². The fourth-order valence-corrected chi connectivity index (χ4v) is 1.94. The first kappa shape index (κ1) is 35.2. The SMILES string of the molecule is C.C1CCCC1.C1CCCCC1.CCC.CCC.CCC.CCC. The van der Waals surface area contributed by atoms with Crippen molar-refractivity contribution >= 4 is 0 Å². The summed E-state index contributed by atoms with van der Waals surface area (Å²) in [6.45, 7) is 17.0. The van der Waals surface area contributed by atoms with Crippen LogP contribution in [0.15, 0.2) is 0 Å². The van der Waals surface area contributed by atoms with Crippen LogP contribution in [-0.4, -0.2) is 0 Å². The highest BCUT2D eigenvalue weighted by Crippen LogP contribution is 2.15. The molecule has 0 unspecified atom stereocenters. The molecule has 0 radical (unpaired) electrons. The van der Waals surface area contributed by atoms with Crippen LogP contribution in [-0.2, 0) is 0 Å². The Labute approximate surface area is 159 Å². The Morgan fingerprint density at radius 1 is 0.292 bits per heavy atom. The predicted octanol–water partition coefficient (Wildman–Crippen LogP) is 10.6. The molecular formula is C24H58. The molecule has 0 atom stereocenters. The van der Waals surface area contributed by atoms with Gasteiger partial charge in [0, 0.05) is 0 Å². The van der Waals surface area contributed by atoms with Crippen molar-refractivity contribution in [1.29, 1.82) is 0 Å². The van der Waals surface area contributed by atoms with E-state index in [1.807, 2.05) is 0 Å². The largest absolute Gasteiger partial charge is 0.0776 e. The highest BCUT2D eigenvalue weighted by molar-refractivity contribution is 4.51. The van der Waals surface area contributed by atoms with Gasteiger partial charge in [0.05, 0.1) is 0 Å². The minimum Gasteiger partial charge on any atom is -0.0776 e. The normalized spacial score (nSPS) is 14.0. The predicted molar refractivity (Wildman–Crippen MR) is 121 cm³/mol. The molecule has 0 aliphatic heterocycles. The van der Waals surface area contributed by atoms with Gasteiger partial charge in [-0.1, -0.05) is 159 Å². The minimum absolute atomic E-state index is 0. The molecule has 2 aliphatic carbocycles. The molecule has 24 heavy (non-hydrogen) atoms. The maximum Gasteiger partial charge on any atom is -0.0533 e. The average Bonchev–Trinajstić information content (AvgIpc) is 3.12. The zero-order valence-corrected chi connectivity index (χ0v) is 18.6. The lowest BCUT2D eigenvalue weighted by molar-refractivity contribution is 0.504. The Hall–Kier alpha value is 0. The summed E-state index contributed by atoms with van der Waals surface area (Å²) in [6, 6.07) is 0. The molecule has 0 aromatic rings. The molecule has 0 saturated heterocycles. The van der Waals surface area contributed by atoms with Gasteiger partial charge in [-0.25, -0.2) is 0 Å². The van der Waals surface area contributed by atoms with E-state index in [4.69, 9.17) is 0 Å². The van der Waals surface area contributed by atoms with Crippen LogP contribution in [0.1, 0.15) is 159 Å². The number of hydrogen-bond donors (Lipinski definition) is 0. The van der Waals surface area contributed by atoms with Crippen LogP contribution in [0.4, 0.5) is 0 Å². The summed E-state index contributed by atoms with van der Waals surface area (Å²) < 4.78 is 0. The third kappa shape index (κ3) is 80.2. The lowest BCUT2D eigenvalue weighted by atomic mass is 10.0. The van der Waals surface area contributed by atoms with Crippen LogP contribution in [0, 0.1) is 0 Å². The highest BCUT2D eigenvalue weighted by atomic mass is 14.0. The van der Waals surface area contributed by atoms with E-state index in [-0.39, 0.29) is 7.43 Å². The Morgan fingerprint density at radius 3 is 0.375 bits per heavy atom. The lowest BCUT2D eigenvalue weighted by Gasteiger charge is -2.05. The quantitative estimate of drug-likeness (QED) is 0.409. The Balaban J connectivity index is -0.0000000619. The summed E-state index contributed by atoms with van der Waals surface area (Å²) in [6.07, 6.45) is 21.5. The summed E-state index contributed by atoms with van der Waals surface area (Å²) in [5, 5.41) is 0. The fourth-order valence-electron chi connectivity index (χ4n) is 1.94. The van der Waals surface area contributed by atoms with Crippen molar-refractivity contribution in [2.24, 2.45) is 0 Å². The molecule has 0 amide bonds. The monoisotopic (exact) mass is 346 g/mol. The first-order valence-corrected chi connectivity index (χ1v) is 11.2. The molecule has 0 N–H and O–H groups in total. The maximum absolute atomic E-state index is 2.12. The molecule has 2 aliphatic rings. The fraction of sp³-hybridized carbons (Fsp3) is 1.00. The molecule has 0 heterocycles. The smallest absolute Gasteiger partial charge is 0.0533 e. The van der Waals surface area contributed by atoms with Crippen molar-refractivity contribution in [2.45, 2.75) is 159 Å². The van der Waals surface area contributed by atoms with Crippen LogP contribution >= 0.6 is 0 Å². The van der Waals surface area contributed by atoms with Gasteiger partial charge in [-0.05, 0) is 0 Å². The van der Waals surface area contributed by atoms with Gasteiger partial charge in [0.2, 0.25) is 0 Å². The highest BCUT2D eigenvalue weighted by Gasteiger charge is 1.95. The number of rotatable bonds is 0. The maximum atomic E-state index is 2.12. The van der Waals surface area contributed by atoms with Crippen LogP contribution in [0.2, 0.25) is 0 Å². The van der Waals surface area contributed by atoms with E-state index in [0.717, 1.165) is 0 Å². The van der Waals surface area contributed by atoms with E-state index in [1.165, 1.54) is 96.3 Å². The molecule has 0 nitrogen and oxygen atoms in total. The van der Waals surface area contributed by atoms with Crippen LogP contribution < -0.4 is 0 Å². The molecular weight excluding hydrogens is 288 g/mol. The van der Waals surface area contributed by atoms with E-state index in [1.54, 1.807) is 0 Å². The Morgan fingerprint density at radius 2 is 0.333 bits per heavy atom. The first-order valence-electron chi connectivity index (χ1n) is 11.2. The molecule has 0 aromatic carbocycles. The second-order valence-electron chi connectivity index (χ2n) is 6.72. The van der Waals surface area contributed by atoms with Gasteiger partial charge < -0.3 is 0 Å². The zero-order chi connectivity index (χ0) is 18.6. The van der Waals surface area contributed by atoms with Gasteiger partial charge in [0.1, 0.15) is 0 Å². The van der Waals surface area contributed by atoms with E-state index in [0.29, 0.717) is 0 Å². The molecule has 0 aromatic heterocycles. The van der Waals surface area contributed by atoms with Gasteiger partial charge in [-0.3, -0.25) is 0 Å². The minimum atomic E-state index is 0.